The lowest BCUT2D eigenvalue weighted by Gasteiger charge is -2.34. The predicted octanol–water partition coefficient (Wildman–Crippen LogP) is -0.354. The van der Waals surface area contributed by atoms with Gasteiger partial charge >= 0.3 is 5.97 Å². The van der Waals surface area contributed by atoms with E-state index >= 15 is 4.39 Å². The number of aliphatic hydroxyl groups is 3. The summed E-state index contributed by atoms with van der Waals surface area (Å²) < 4.78 is 21.3. The number of aryl methyl sites for hydroxylation is 4. The Morgan fingerprint density at radius 3 is 1.98 bits per heavy atom. The molecule has 0 radical (unpaired) electrons. The first-order chi connectivity index (χ1) is 46.5. The van der Waals surface area contributed by atoms with E-state index in [-0.39, 0.29) is 30.7 Å². The molecule has 1 aromatic heterocycles. The smallest absolute Gasteiger partial charge is 0.305 e. The zero-order valence-corrected chi connectivity index (χ0v) is 55.2. The van der Waals surface area contributed by atoms with Crippen molar-refractivity contribution in [2.24, 2.45) is 16.6 Å². The van der Waals surface area contributed by atoms with Crippen molar-refractivity contribution in [3.8, 4) is 16.9 Å². The minimum Gasteiger partial charge on any atom is -0.494 e. The molecule has 17 N–H and O–H groups in total. The molecule has 0 saturated heterocycles. The Morgan fingerprint density at radius 2 is 1.37 bits per heavy atom. The van der Waals surface area contributed by atoms with Crippen molar-refractivity contribution in [3.05, 3.63) is 140 Å². The number of aliphatic hydroxyl groups excluding tert-OH is 3. The first kappa shape index (κ1) is 78.2. The van der Waals surface area contributed by atoms with E-state index in [2.05, 4.69) is 73.2 Å². The number of hydrogen-bond acceptors (Lipinski definition) is 19. The monoisotopic (exact) mass is 1360 g/mol. The fourth-order valence-electron chi connectivity index (χ4n) is 10.4. The molecule has 9 amide bonds. The van der Waals surface area contributed by atoms with E-state index in [0.29, 0.717) is 56.6 Å². The Bertz CT molecular complexity index is 3610. The van der Waals surface area contributed by atoms with Crippen LogP contribution in [-0.4, -0.2) is 187 Å². The standard InChI is InChI=1S/C65H86FN17O15/c1-7-41-29-44(98-24-11-10-23-71-81-69)21-22-45(41)42-19-17-39(18-20-42)28-49(59(92)72-48(57(68)90)16-12-13-40-26-35(2)25-36(3)27-40)73-60(93)50(31-54(88)89)74-61(94)51(34-84)75-62(95)55(37(4)85)77-64(97)65(6,32-43-14-8-9-15-46(43)66)78-63(96)56(38(5)86)76-53(87)33-70-58(91)47(67)30-52-79-82-83-80-52/h8-9,14-15,17-22,25-27,29,37-38,47-51,55-56,84-86H,7,10-13,16,23-24,28,30-34,67H2,1-6H3,(H2,68,90)(H,70,91)(H,72,92)(H,73,93)(H,74,94)(H,75,95)(H,76,87)(H,77,97)(H,78,96)(H,88,89)(H,79,80,82,83)/t37-,38-,47+,48+,49+,50+,51+,55+,56+,65+/m1/s1. The number of unbranched alkanes of at least 4 members (excludes halogenated alkanes) is 1. The Balaban J connectivity index is 1.35. The van der Waals surface area contributed by atoms with Crippen molar-refractivity contribution in [3.63, 3.8) is 0 Å². The topological polar surface area (TPSA) is 512 Å². The second kappa shape index (κ2) is 38.3. The highest BCUT2D eigenvalue weighted by Gasteiger charge is 2.42. The third-order valence-corrected chi connectivity index (χ3v) is 15.6. The van der Waals surface area contributed by atoms with Gasteiger partial charge in [0.05, 0.1) is 44.4 Å². The van der Waals surface area contributed by atoms with Gasteiger partial charge in [-0.05, 0) is 130 Å². The van der Waals surface area contributed by atoms with Crippen molar-refractivity contribution >= 4 is 59.1 Å². The van der Waals surface area contributed by atoms with Crippen LogP contribution in [0.1, 0.15) is 99.0 Å². The lowest BCUT2D eigenvalue weighted by atomic mass is 9.90. The molecule has 1 heterocycles. The van der Waals surface area contributed by atoms with E-state index < -0.39 is 151 Å². The van der Waals surface area contributed by atoms with E-state index in [9.17, 15) is 68.4 Å². The summed E-state index contributed by atoms with van der Waals surface area (Å²) in [4.78, 5) is 139. The normalized spacial score (nSPS) is 14.4. The summed E-state index contributed by atoms with van der Waals surface area (Å²) in [7, 11) is 0. The van der Waals surface area contributed by atoms with Crippen LogP contribution in [0.4, 0.5) is 4.39 Å². The van der Waals surface area contributed by atoms with Crippen molar-refractivity contribution in [1.82, 2.24) is 63.2 Å². The predicted molar refractivity (Wildman–Crippen MR) is 352 cm³/mol. The van der Waals surface area contributed by atoms with Crippen LogP contribution in [0.5, 0.6) is 5.75 Å². The minimum atomic E-state index is -2.33. The molecule has 0 saturated carbocycles. The van der Waals surface area contributed by atoms with E-state index in [0.717, 1.165) is 60.2 Å². The third kappa shape index (κ3) is 24.6. The van der Waals surface area contributed by atoms with Gasteiger partial charge < -0.3 is 79.2 Å². The Kier molecular flexibility index (Phi) is 30.6. The maximum absolute atomic E-state index is 15.3. The van der Waals surface area contributed by atoms with Gasteiger partial charge in [0.1, 0.15) is 53.4 Å². The molecule has 5 aromatic rings. The molecule has 0 bridgehead atoms. The number of nitrogens with one attached hydrogen (secondary N) is 9. The number of ether oxygens (including phenoxy) is 1. The molecule has 0 aliphatic rings. The number of carbonyl (C=O) groups excluding carboxylic acids is 9. The van der Waals surface area contributed by atoms with E-state index in [4.69, 9.17) is 21.7 Å². The van der Waals surface area contributed by atoms with Crippen LogP contribution in [0.15, 0.2) is 90.0 Å². The van der Waals surface area contributed by atoms with Gasteiger partial charge in [-0.1, -0.05) is 95.1 Å². The number of hydrogen-bond donors (Lipinski definition) is 15. The molecular formula is C65H86FN17O15. The summed E-state index contributed by atoms with van der Waals surface area (Å²) in [5, 5.41) is 77.3. The zero-order valence-electron chi connectivity index (χ0n) is 55.2. The molecule has 10 atom stereocenters. The number of tetrazole rings is 1. The number of carboxylic acid groups (broad SMARTS) is 1. The number of amides is 9. The van der Waals surface area contributed by atoms with Gasteiger partial charge in [0.15, 0.2) is 5.82 Å². The molecule has 0 fully saturated rings. The van der Waals surface area contributed by atoms with Gasteiger partial charge in [0, 0.05) is 30.7 Å². The lowest BCUT2D eigenvalue weighted by molar-refractivity contribution is -0.142. The van der Waals surface area contributed by atoms with Gasteiger partial charge in [0.2, 0.25) is 53.2 Å². The number of H-pyrrole nitrogens is 1. The van der Waals surface area contributed by atoms with Gasteiger partial charge in [0.25, 0.3) is 0 Å². The van der Waals surface area contributed by atoms with Crippen molar-refractivity contribution in [2.75, 3.05) is 26.3 Å². The van der Waals surface area contributed by atoms with Crippen LogP contribution in [0.3, 0.4) is 0 Å². The molecule has 98 heavy (non-hydrogen) atoms. The van der Waals surface area contributed by atoms with E-state index in [1.165, 1.54) is 18.2 Å². The summed E-state index contributed by atoms with van der Waals surface area (Å²) in [5.74, 6) is -11.9. The largest absolute Gasteiger partial charge is 0.494 e. The van der Waals surface area contributed by atoms with E-state index in [1.807, 2.05) is 57.2 Å². The molecule has 0 aliphatic carbocycles. The van der Waals surface area contributed by atoms with Crippen LogP contribution in [-0.2, 0) is 80.0 Å². The summed E-state index contributed by atoms with van der Waals surface area (Å²) in [6.07, 6.45) is -2.84. The highest BCUT2D eigenvalue weighted by molar-refractivity contribution is 6.00. The number of primary amides is 1. The summed E-state index contributed by atoms with van der Waals surface area (Å²) in [5.41, 5.74) is 23.9. The number of carbonyl (C=O) groups is 10. The first-order valence-electron chi connectivity index (χ1n) is 31.6. The number of azide groups is 1. The zero-order chi connectivity index (χ0) is 72.2. The van der Waals surface area contributed by atoms with Crippen LogP contribution in [0, 0.1) is 19.7 Å². The number of aromatic amines is 1. The van der Waals surface area contributed by atoms with Gasteiger partial charge in [-0.3, -0.25) is 47.9 Å². The second-order valence-corrected chi connectivity index (χ2v) is 23.8. The van der Waals surface area contributed by atoms with Gasteiger partial charge in [-0.25, -0.2) is 4.39 Å². The number of benzene rings is 4. The van der Waals surface area contributed by atoms with E-state index in [1.54, 1.807) is 24.3 Å². The maximum Gasteiger partial charge on any atom is 0.305 e. The number of halogens is 1. The van der Waals surface area contributed by atoms with Crippen LogP contribution < -0.4 is 58.7 Å². The second-order valence-electron chi connectivity index (χ2n) is 23.8. The average Bonchev–Trinajstić information content (AvgIpc) is 0.840. The number of aromatic nitrogens is 4. The number of nitrogens with zero attached hydrogens (tertiary/aromatic N) is 6. The Labute approximate surface area is 563 Å². The van der Waals surface area contributed by atoms with Gasteiger partial charge in [-0.2, -0.15) is 5.21 Å². The summed E-state index contributed by atoms with van der Waals surface area (Å²) in [6, 6.07) is 11.5. The fourth-order valence-corrected chi connectivity index (χ4v) is 10.4. The molecule has 33 heteroatoms. The highest BCUT2D eigenvalue weighted by Crippen LogP contribution is 2.29. The number of nitrogens with two attached hydrogens (primary N) is 2. The Morgan fingerprint density at radius 1 is 0.735 bits per heavy atom. The molecule has 0 spiro atoms. The molecule has 528 valence electrons. The molecule has 0 aliphatic heterocycles. The van der Waals surface area contributed by atoms with Crippen molar-refractivity contribution in [1.29, 1.82) is 0 Å². The summed E-state index contributed by atoms with van der Waals surface area (Å²) in [6.45, 7) is 7.84. The third-order valence-electron chi connectivity index (χ3n) is 15.6. The molecule has 0 unspecified atom stereocenters. The maximum atomic E-state index is 15.3. The number of aliphatic carboxylic acids is 1. The SMILES string of the molecule is CCc1cc(OCCCCN=[N+]=[N-])ccc1-c1ccc(C[C@H](NC(=O)[C@H](CC(=O)O)NC(=O)[C@H](CO)NC(=O)[C@@H](NC(=O)[C@](C)(Cc2ccccc2F)NC(=O)[C@@H](NC(=O)CNC(=O)[C@@H](N)Cc2nn[nH]n2)[C@@H](C)O)[C@@H](C)O)C(=O)N[C@@H](CCCc2cc(C)cc(C)c2)C(N)=O)cc1. The van der Waals surface area contributed by atoms with Crippen LogP contribution in [0.25, 0.3) is 21.6 Å². The van der Waals surface area contributed by atoms with Crippen LogP contribution in [0.2, 0.25) is 0 Å². The van der Waals surface area contributed by atoms with Crippen LogP contribution >= 0.6 is 0 Å². The minimum absolute atomic E-state index is 0.0821. The molecule has 5 rings (SSSR count). The van der Waals surface area contributed by atoms with Crippen molar-refractivity contribution < 1.29 is 77.5 Å². The lowest BCUT2D eigenvalue weighted by Crippen LogP contribution is -2.67. The molecular weight excluding hydrogens is 1280 g/mol. The number of carboxylic acids is 1. The number of rotatable bonds is 40. The Hall–Kier alpha value is -10.5. The molecule has 32 nitrogen and oxygen atoms in total. The summed E-state index contributed by atoms with van der Waals surface area (Å²) >= 11 is 0. The van der Waals surface area contributed by atoms with Crippen molar-refractivity contribution in [2.45, 2.75) is 166 Å². The average molecular weight is 1360 g/mol. The van der Waals surface area contributed by atoms with Gasteiger partial charge in [-0.15, -0.1) is 10.2 Å². The first-order valence-corrected chi connectivity index (χ1v) is 31.6. The fraction of sp³-hybridized carbons (Fsp3) is 0.462. The highest BCUT2D eigenvalue weighted by atomic mass is 19.1. The quantitative estimate of drug-likeness (QED) is 0.0103. The molecule has 4 aromatic carbocycles.